The van der Waals surface area contributed by atoms with Crippen molar-refractivity contribution in [2.75, 3.05) is 0 Å². The Morgan fingerprint density at radius 3 is 1.60 bits per heavy atom. The SMILES string of the molecule is CC1(C)C2C=CC=CC1/C=C/CCCCCCC/C=C\2. The number of fused-ring (bicyclic) bond motifs is 2. The van der Waals surface area contributed by atoms with E-state index in [1.54, 1.807) is 0 Å². The molecule has 0 spiro atoms. The minimum absolute atomic E-state index is 0.265. The van der Waals surface area contributed by atoms with Crippen LogP contribution in [0.1, 0.15) is 58.8 Å². The van der Waals surface area contributed by atoms with Gasteiger partial charge in [-0.15, -0.1) is 0 Å². The van der Waals surface area contributed by atoms with Crippen molar-refractivity contribution in [2.45, 2.75) is 58.8 Å². The Morgan fingerprint density at radius 2 is 1.10 bits per heavy atom. The molecule has 0 aromatic heterocycles. The van der Waals surface area contributed by atoms with Gasteiger partial charge in [-0.1, -0.05) is 81.7 Å². The standard InChI is InChI=1S/C20H30/c1-20(2)18-14-10-8-6-4-3-5-7-9-11-15-19(20)17-13-12-16-18/h10-19H,3-9H2,1-2H3/b14-10-,15-11+. The van der Waals surface area contributed by atoms with E-state index in [-0.39, 0.29) is 5.41 Å². The summed E-state index contributed by atoms with van der Waals surface area (Å²) in [6.07, 6.45) is 28.3. The Balaban J connectivity index is 2.17. The smallest absolute Gasteiger partial charge is 0.000950 e. The van der Waals surface area contributed by atoms with Gasteiger partial charge in [-0.05, 0) is 31.1 Å². The molecule has 110 valence electrons. The molecule has 2 atom stereocenters. The highest BCUT2D eigenvalue weighted by atomic mass is 14.4. The predicted octanol–water partition coefficient (Wildman–Crippen LogP) is 6.23. The fourth-order valence-corrected chi connectivity index (χ4v) is 3.25. The Labute approximate surface area is 125 Å². The molecule has 2 aliphatic carbocycles. The van der Waals surface area contributed by atoms with E-state index >= 15 is 0 Å². The van der Waals surface area contributed by atoms with Crippen molar-refractivity contribution in [1.82, 2.24) is 0 Å². The highest BCUT2D eigenvalue weighted by Gasteiger charge is 2.32. The quantitative estimate of drug-likeness (QED) is 0.458. The summed E-state index contributed by atoms with van der Waals surface area (Å²) in [6, 6.07) is 0. The normalized spacial score (nSPS) is 33.9. The molecule has 0 radical (unpaired) electrons. The van der Waals surface area contributed by atoms with E-state index in [1.165, 1.54) is 44.9 Å². The molecular formula is C20H30. The first-order valence-corrected chi connectivity index (χ1v) is 8.39. The second-order valence-corrected chi connectivity index (χ2v) is 6.84. The molecule has 0 N–H and O–H groups in total. The van der Waals surface area contributed by atoms with Crippen molar-refractivity contribution >= 4 is 0 Å². The van der Waals surface area contributed by atoms with Gasteiger partial charge in [-0.25, -0.2) is 0 Å². The van der Waals surface area contributed by atoms with Gasteiger partial charge in [-0.3, -0.25) is 0 Å². The third-order valence-corrected chi connectivity index (χ3v) is 4.89. The Morgan fingerprint density at radius 1 is 0.650 bits per heavy atom. The lowest BCUT2D eigenvalue weighted by atomic mass is 9.69. The minimum Gasteiger partial charge on any atom is -0.0879 e. The van der Waals surface area contributed by atoms with Crippen LogP contribution >= 0.6 is 0 Å². The highest BCUT2D eigenvalue weighted by Crippen LogP contribution is 2.40. The predicted molar refractivity (Wildman–Crippen MR) is 89.6 cm³/mol. The zero-order valence-corrected chi connectivity index (χ0v) is 13.2. The summed E-state index contributed by atoms with van der Waals surface area (Å²) < 4.78 is 0. The van der Waals surface area contributed by atoms with Gasteiger partial charge in [0.2, 0.25) is 0 Å². The molecule has 2 aliphatic rings. The van der Waals surface area contributed by atoms with Gasteiger partial charge in [0.15, 0.2) is 0 Å². The van der Waals surface area contributed by atoms with Gasteiger partial charge in [0.05, 0.1) is 0 Å². The molecule has 0 saturated carbocycles. The van der Waals surface area contributed by atoms with E-state index < -0.39 is 0 Å². The largest absolute Gasteiger partial charge is 0.0879 e. The van der Waals surface area contributed by atoms with Crippen LogP contribution < -0.4 is 0 Å². The Kier molecular flexibility index (Phi) is 5.88. The maximum absolute atomic E-state index is 2.44. The summed E-state index contributed by atoms with van der Waals surface area (Å²) in [5.74, 6) is 1.07. The maximum Gasteiger partial charge on any atom is 0.000950 e. The van der Waals surface area contributed by atoms with Crippen molar-refractivity contribution in [1.29, 1.82) is 0 Å². The maximum atomic E-state index is 2.44. The molecular weight excluding hydrogens is 240 g/mol. The van der Waals surface area contributed by atoms with Crippen LogP contribution in [0.3, 0.4) is 0 Å². The summed E-state index contributed by atoms with van der Waals surface area (Å²) in [5, 5.41) is 0. The Hall–Kier alpha value is -1.04. The van der Waals surface area contributed by atoms with Crippen LogP contribution in [0.4, 0.5) is 0 Å². The topological polar surface area (TPSA) is 0 Å². The van der Waals surface area contributed by atoms with Crippen LogP contribution in [0.5, 0.6) is 0 Å². The first-order valence-electron chi connectivity index (χ1n) is 8.39. The minimum atomic E-state index is 0.265. The van der Waals surface area contributed by atoms with Crippen molar-refractivity contribution < 1.29 is 0 Å². The fourth-order valence-electron chi connectivity index (χ4n) is 3.25. The molecule has 0 aliphatic heterocycles. The van der Waals surface area contributed by atoms with Crippen molar-refractivity contribution in [3.8, 4) is 0 Å². The molecule has 2 bridgehead atoms. The lowest BCUT2D eigenvalue weighted by Gasteiger charge is -2.35. The third kappa shape index (κ3) is 4.23. The molecule has 2 rings (SSSR count). The molecule has 20 heavy (non-hydrogen) atoms. The number of hydrogen-bond acceptors (Lipinski definition) is 0. The summed E-state index contributed by atoms with van der Waals surface area (Å²) >= 11 is 0. The van der Waals surface area contributed by atoms with E-state index in [1.807, 2.05) is 0 Å². The number of rotatable bonds is 0. The third-order valence-electron chi connectivity index (χ3n) is 4.89. The number of hydrogen-bond donors (Lipinski definition) is 0. The lowest BCUT2D eigenvalue weighted by molar-refractivity contribution is 0.250. The fraction of sp³-hybridized carbons (Fsp3) is 0.600. The Bertz CT molecular complexity index is 356. The molecule has 0 heterocycles. The van der Waals surface area contributed by atoms with E-state index in [0.29, 0.717) is 11.8 Å². The highest BCUT2D eigenvalue weighted by molar-refractivity contribution is 5.22. The monoisotopic (exact) mass is 270 g/mol. The van der Waals surface area contributed by atoms with Crippen LogP contribution in [0.25, 0.3) is 0 Å². The summed E-state index contributed by atoms with van der Waals surface area (Å²) in [4.78, 5) is 0. The molecule has 0 aromatic carbocycles. The lowest BCUT2D eigenvalue weighted by Crippen LogP contribution is -2.28. The van der Waals surface area contributed by atoms with Gasteiger partial charge < -0.3 is 0 Å². The molecule has 0 saturated heterocycles. The van der Waals surface area contributed by atoms with Gasteiger partial charge >= 0.3 is 0 Å². The van der Waals surface area contributed by atoms with E-state index in [9.17, 15) is 0 Å². The van der Waals surface area contributed by atoms with Gasteiger partial charge in [0.1, 0.15) is 0 Å². The van der Waals surface area contributed by atoms with E-state index in [2.05, 4.69) is 62.5 Å². The van der Waals surface area contributed by atoms with Crippen LogP contribution in [-0.2, 0) is 0 Å². The van der Waals surface area contributed by atoms with E-state index in [0.717, 1.165) is 0 Å². The summed E-state index contributed by atoms with van der Waals surface area (Å²) in [5.41, 5.74) is 0.265. The summed E-state index contributed by atoms with van der Waals surface area (Å²) in [6.45, 7) is 4.81. The van der Waals surface area contributed by atoms with Crippen LogP contribution in [0.2, 0.25) is 0 Å². The van der Waals surface area contributed by atoms with Crippen molar-refractivity contribution in [2.24, 2.45) is 17.3 Å². The second kappa shape index (κ2) is 7.67. The van der Waals surface area contributed by atoms with Gasteiger partial charge in [-0.2, -0.15) is 0 Å². The van der Waals surface area contributed by atoms with Gasteiger partial charge in [0, 0.05) is 11.8 Å². The van der Waals surface area contributed by atoms with Crippen LogP contribution in [0.15, 0.2) is 48.6 Å². The first kappa shape index (κ1) is 15.4. The van der Waals surface area contributed by atoms with Gasteiger partial charge in [0.25, 0.3) is 0 Å². The van der Waals surface area contributed by atoms with Crippen LogP contribution in [-0.4, -0.2) is 0 Å². The molecule has 0 heteroatoms. The zero-order chi connectivity index (χ0) is 14.3. The molecule has 0 nitrogen and oxygen atoms in total. The number of allylic oxidation sites excluding steroid dienone is 8. The second-order valence-electron chi connectivity index (χ2n) is 6.84. The molecule has 2 unspecified atom stereocenters. The molecule has 0 fully saturated rings. The average molecular weight is 270 g/mol. The van der Waals surface area contributed by atoms with Crippen molar-refractivity contribution in [3.05, 3.63) is 48.6 Å². The van der Waals surface area contributed by atoms with Crippen LogP contribution in [0, 0.1) is 17.3 Å². The van der Waals surface area contributed by atoms with Crippen molar-refractivity contribution in [3.63, 3.8) is 0 Å². The van der Waals surface area contributed by atoms with E-state index in [4.69, 9.17) is 0 Å². The zero-order valence-electron chi connectivity index (χ0n) is 13.2. The average Bonchev–Trinajstić information content (AvgIpc) is 2.55. The molecule has 0 aromatic rings. The molecule has 0 amide bonds. The summed E-state index contributed by atoms with van der Waals surface area (Å²) in [7, 11) is 0. The first-order chi connectivity index (χ1) is 9.71.